The molecule has 0 unspecified atom stereocenters. The minimum Gasteiger partial charge on any atom is -0.309 e. The van der Waals surface area contributed by atoms with Crippen LogP contribution in [0, 0.1) is 12.7 Å². The molecule has 4 aromatic rings. The first-order chi connectivity index (χ1) is 16.4. The van der Waals surface area contributed by atoms with Crippen molar-refractivity contribution in [3.8, 4) is 11.1 Å². The fourth-order valence-corrected chi connectivity index (χ4v) is 3.74. The number of rotatable bonds is 8. The Morgan fingerprint density at radius 2 is 1.82 bits per heavy atom. The summed E-state index contributed by atoms with van der Waals surface area (Å²) in [5, 5.41) is 10.4. The third kappa shape index (κ3) is 5.55. The van der Waals surface area contributed by atoms with Crippen LogP contribution < -0.4 is 10.6 Å². The van der Waals surface area contributed by atoms with Gasteiger partial charge in [0.15, 0.2) is 0 Å². The van der Waals surface area contributed by atoms with Crippen LogP contribution in [0.15, 0.2) is 79.3 Å². The third-order valence-corrected chi connectivity index (χ3v) is 5.84. The highest BCUT2D eigenvalue weighted by atomic mass is 19.1. The molecule has 0 aliphatic rings. The van der Waals surface area contributed by atoms with Crippen molar-refractivity contribution in [1.29, 1.82) is 0 Å². The summed E-state index contributed by atoms with van der Waals surface area (Å²) in [6.45, 7) is 4.26. The van der Waals surface area contributed by atoms with E-state index in [1.807, 2.05) is 62.6 Å². The number of nitrogens with zero attached hydrogens (tertiary/aromatic N) is 3. The van der Waals surface area contributed by atoms with E-state index in [0.717, 1.165) is 22.3 Å². The van der Waals surface area contributed by atoms with Crippen LogP contribution in [0.4, 0.5) is 10.2 Å². The van der Waals surface area contributed by atoms with Gasteiger partial charge in [0.25, 0.3) is 0 Å². The molecule has 0 aliphatic heterocycles. The van der Waals surface area contributed by atoms with Crippen molar-refractivity contribution < 1.29 is 9.18 Å². The Labute approximate surface area is 198 Å². The molecule has 0 aliphatic carbocycles. The number of carbonyl (C=O) groups excluding carboxylic acids is 1. The van der Waals surface area contributed by atoms with Gasteiger partial charge in [-0.2, -0.15) is 5.10 Å². The highest BCUT2D eigenvalue weighted by Crippen LogP contribution is 2.22. The highest BCUT2D eigenvalue weighted by molar-refractivity contribution is 5.95. The second-order valence-electron chi connectivity index (χ2n) is 8.49. The van der Waals surface area contributed by atoms with E-state index >= 15 is 0 Å². The lowest BCUT2D eigenvalue weighted by atomic mass is 9.98. The van der Waals surface area contributed by atoms with Gasteiger partial charge in [0.2, 0.25) is 5.91 Å². The van der Waals surface area contributed by atoms with Crippen LogP contribution in [0.2, 0.25) is 0 Å². The van der Waals surface area contributed by atoms with Gasteiger partial charge in [0, 0.05) is 37.1 Å². The van der Waals surface area contributed by atoms with Crippen molar-refractivity contribution in [2.75, 3.05) is 11.9 Å². The molecule has 0 fully saturated rings. The molecule has 1 amide bonds. The Bertz CT molecular complexity index is 1250. The lowest BCUT2D eigenvalue weighted by Crippen LogP contribution is -2.35. The minimum atomic E-state index is -0.584. The Morgan fingerprint density at radius 1 is 1.03 bits per heavy atom. The highest BCUT2D eigenvalue weighted by Gasteiger charge is 2.22. The Morgan fingerprint density at radius 3 is 2.47 bits per heavy atom. The SMILES string of the molecule is Cc1ccc([C@H](C)CN[C@H](C(=O)Nc2ccc(-c3cnn(C)c3)cn2)c2ccccc2)cc1F. The zero-order valence-corrected chi connectivity index (χ0v) is 19.5. The van der Waals surface area contributed by atoms with Crippen molar-refractivity contribution in [3.63, 3.8) is 0 Å². The van der Waals surface area contributed by atoms with E-state index in [2.05, 4.69) is 20.7 Å². The van der Waals surface area contributed by atoms with E-state index in [4.69, 9.17) is 0 Å². The van der Waals surface area contributed by atoms with Gasteiger partial charge in [-0.15, -0.1) is 0 Å². The number of aromatic nitrogens is 3. The predicted molar refractivity (Wildman–Crippen MR) is 132 cm³/mol. The maximum absolute atomic E-state index is 14.0. The van der Waals surface area contributed by atoms with Crippen LogP contribution in [0.25, 0.3) is 11.1 Å². The van der Waals surface area contributed by atoms with Gasteiger partial charge in [-0.1, -0.05) is 49.4 Å². The van der Waals surface area contributed by atoms with E-state index in [9.17, 15) is 9.18 Å². The molecule has 0 radical (unpaired) electrons. The topological polar surface area (TPSA) is 71.8 Å². The van der Waals surface area contributed by atoms with Gasteiger partial charge >= 0.3 is 0 Å². The lowest BCUT2D eigenvalue weighted by molar-refractivity contribution is -0.118. The van der Waals surface area contributed by atoms with Crippen LogP contribution in [0.5, 0.6) is 0 Å². The standard InChI is InChI=1S/C27H28FN5O/c1-18-9-10-21(13-24(18)28)19(2)14-30-26(20-7-5-4-6-8-20)27(34)32-25-12-11-22(15-29-25)23-16-31-33(3)17-23/h4-13,15-17,19,26,30H,14H2,1-3H3,(H,29,32,34)/t19-,26+/m1/s1. The Balaban J connectivity index is 1.47. The predicted octanol–water partition coefficient (Wildman–Crippen LogP) is 5.00. The molecule has 2 aromatic carbocycles. The first kappa shape index (κ1) is 23.3. The molecule has 2 N–H and O–H groups in total. The third-order valence-electron chi connectivity index (χ3n) is 5.84. The van der Waals surface area contributed by atoms with Crippen LogP contribution in [0.3, 0.4) is 0 Å². The number of anilines is 1. The van der Waals surface area contributed by atoms with E-state index in [-0.39, 0.29) is 17.6 Å². The number of benzene rings is 2. The number of amides is 1. The minimum absolute atomic E-state index is 0.0194. The molecule has 0 spiro atoms. The number of hydrogen-bond donors (Lipinski definition) is 2. The van der Waals surface area contributed by atoms with Crippen molar-refractivity contribution in [2.24, 2.45) is 7.05 Å². The molecule has 0 saturated heterocycles. The molecule has 0 bridgehead atoms. The molecule has 174 valence electrons. The fraction of sp³-hybridized carbons (Fsp3) is 0.222. The zero-order valence-electron chi connectivity index (χ0n) is 19.5. The molecule has 2 aromatic heterocycles. The van der Waals surface area contributed by atoms with Gasteiger partial charge in [0.1, 0.15) is 17.7 Å². The summed E-state index contributed by atoms with van der Waals surface area (Å²) in [5.41, 5.74) is 4.22. The quantitative estimate of drug-likeness (QED) is 0.391. The van der Waals surface area contributed by atoms with Crippen LogP contribution >= 0.6 is 0 Å². The first-order valence-electron chi connectivity index (χ1n) is 11.2. The van der Waals surface area contributed by atoms with E-state index < -0.39 is 6.04 Å². The summed E-state index contributed by atoms with van der Waals surface area (Å²) in [6.07, 6.45) is 5.39. The van der Waals surface area contributed by atoms with Crippen molar-refractivity contribution in [3.05, 3.63) is 102 Å². The monoisotopic (exact) mass is 457 g/mol. The molecule has 4 rings (SSSR count). The fourth-order valence-electron chi connectivity index (χ4n) is 3.74. The molecule has 34 heavy (non-hydrogen) atoms. The Kier molecular flexibility index (Phi) is 7.13. The second kappa shape index (κ2) is 10.4. The maximum Gasteiger partial charge on any atom is 0.247 e. The summed E-state index contributed by atoms with van der Waals surface area (Å²) >= 11 is 0. The summed E-state index contributed by atoms with van der Waals surface area (Å²) in [4.78, 5) is 17.6. The number of pyridine rings is 1. The average Bonchev–Trinajstić information content (AvgIpc) is 3.28. The first-order valence-corrected chi connectivity index (χ1v) is 11.2. The number of halogens is 1. The lowest BCUT2D eigenvalue weighted by Gasteiger charge is -2.21. The maximum atomic E-state index is 14.0. The van der Waals surface area contributed by atoms with Gasteiger partial charge in [-0.3, -0.25) is 9.48 Å². The van der Waals surface area contributed by atoms with E-state index in [1.165, 1.54) is 0 Å². The molecule has 6 nitrogen and oxygen atoms in total. The number of carbonyl (C=O) groups is 1. The van der Waals surface area contributed by atoms with Gasteiger partial charge in [-0.25, -0.2) is 9.37 Å². The molecule has 0 saturated carbocycles. The van der Waals surface area contributed by atoms with Gasteiger partial charge < -0.3 is 10.6 Å². The molecule has 2 atom stereocenters. The average molecular weight is 458 g/mol. The smallest absolute Gasteiger partial charge is 0.247 e. The normalized spacial score (nSPS) is 12.8. The van der Waals surface area contributed by atoms with E-state index in [1.54, 1.807) is 42.2 Å². The Hall–Kier alpha value is -3.84. The molecule has 7 heteroatoms. The largest absolute Gasteiger partial charge is 0.309 e. The van der Waals surface area contributed by atoms with Gasteiger partial charge in [-0.05, 0) is 47.7 Å². The van der Waals surface area contributed by atoms with Crippen molar-refractivity contribution in [2.45, 2.75) is 25.8 Å². The zero-order chi connectivity index (χ0) is 24.1. The number of aryl methyl sites for hydroxylation is 2. The summed E-state index contributed by atoms with van der Waals surface area (Å²) in [7, 11) is 1.86. The second-order valence-corrected chi connectivity index (χ2v) is 8.49. The van der Waals surface area contributed by atoms with Crippen molar-refractivity contribution >= 4 is 11.7 Å². The molecule has 2 heterocycles. The molecular formula is C27H28FN5O. The summed E-state index contributed by atoms with van der Waals surface area (Å²) in [5.74, 6) is 0.0534. The molecular weight excluding hydrogens is 429 g/mol. The number of hydrogen-bond acceptors (Lipinski definition) is 4. The van der Waals surface area contributed by atoms with Crippen LogP contribution in [-0.2, 0) is 11.8 Å². The number of nitrogens with one attached hydrogen (secondary N) is 2. The van der Waals surface area contributed by atoms with Crippen LogP contribution in [0.1, 0.15) is 35.6 Å². The van der Waals surface area contributed by atoms with Gasteiger partial charge in [0.05, 0.1) is 6.20 Å². The summed E-state index contributed by atoms with van der Waals surface area (Å²) in [6, 6.07) is 17.9. The van der Waals surface area contributed by atoms with Crippen LogP contribution in [-0.4, -0.2) is 27.2 Å². The summed E-state index contributed by atoms with van der Waals surface area (Å²) < 4.78 is 15.7. The van der Waals surface area contributed by atoms with E-state index in [0.29, 0.717) is 17.9 Å². The van der Waals surface area contributed by atoms with Crippen molar-refractivity contribution in [1.82, 2.24) is 20.1 Å².